The number of piperidine rings is 1. The summed E-state index contributed by atoms with van der Waals surface area (Å²) in [5, 5.41) is 6.26. The van der Waals surface area contributed by atoms with Gasteiger partial charge in [0.25, 0.3) is 5.91 Å². The standard InChI is InChI=1S/C13H16ClFN2O/c1-8-11(6-3-7-16-8)17-13(18)12-9(14)4-2-5-10(12)15/h2,4-5,8,11,16H,3,6-7H2,1H3,(H,17,18). The lowest BCUT2D eigenvalue weighted by Gasteiger charge is -2.30. The third kappa shape index (κ3) is 2.82. The monoisotopic (exact) mass is 270 g/mol. The van der Waals surface area contributed by atoms with Crippen molar-refractivity contribution in [1.82, 2.24) is 10.6 Å². The molecule has 1 aromatic carbocycles. The van der Waals surface area contributed by atoms with Gasteiger partial charge < -0.3 is 10.6 Å². The summed E-state index contributed by atoms with van der Waals surface area (Å²) in [5.74, 6) is -1.03. The molecule has 5 heteroatoms. The van der Waals surface area contributed by atoms with Crippen LogP contribution in [0.3, 0.4) is 0 Å². The maximum absolute atomic E-state index is 13.6. The maximum atomic E-state index is 13.6. The molecule has 1 aliphatic rings. The third-order valence-electron chi connectivity index (χ3n) is 3.27. The number of carbonyl (C=O) groups is 1. The van der Waals surface area contributed by atoms with Crippen molar-refractivity contribution >= 4 is 17.5 Å². The van der Waals surface area contributed by atoms with Gasteiger partial charge in [0.05, 0.1) is 10.6 Å². The molecule has 0 radical (unpaired) electrons. The highest BCUT2D eigenvalue weighted by Gasteiger charge is 2.24. The Balaban J connectivity index is 2.12. The lowest BCUT2D eigenvalue weighted by Crippen LogP contribution is -2.52. The van der Waals surface area contributed by atoms with Crippen molar-refractivity contribution in [2.75, 3.05) is 6.54 Å². The summed E-state index contributed by atoms with van der Waals surface area (Å²) in [6, 6.07) is 4.44. The lowest BCUT2D eigenvalue weighted by atomic mass is 9.99. The van der Waals surface area contributed by atoms with Gasteiger partial charge in [0.15, 0.2) is 0 Å². The van der Waals surface area contributed by atoms with Crippen LogP contribution in [0.2, 0.25) is 5.02 Å². The van der Waals surface area contributed by atoms with Crippen LogP contribution in [0.15, 0.2) is 18.2 Å². The minimum absolute atomic E-state index is 0.0157. The second-order valence-corrected chi connectivity index (χ2v) is 4.97. The highest BCUT2D eigenvalue weighted by Crippen LogP contribution is 2.19. The molecule has 1 heterocycles. The molecule has 1 amide bonds. The van der Waals surface area contributed by atoms with Crippen LogP contribution < -0.4 is 10.6 Å². The number of halogens is 2. The number of hydrogen-bond donors (Lipinski definition) is 2. The smallest absolute Gasteiger partial charge is 0.256 e. The summed E-state index contributed by atoms with van der Waals surface area (Å²) >= 11 is 5.86. The van der Waals surface area contributed by atoms with E-state index in [1.807, 2.05) is 6.92 Å². The number of carbonyl (C=O) groups excluding carboxylic acids is 1. The van der Waals surface area contributed by atoms with Crippen LogP contribution in [-0.2, 0) is 0 Å². The Bertz CT molecular complexity index is 432. The van der Waals surface area contributed by atoms with Crippen LogP contribution in [0.5, 0.6) is 0 Å². The van der Waals surface area contributed by atoms with Gasteiger partial charge in [-0.25, -0.2) is 4.39 Å². The van der Waals surface area contributed by atoms with Crippen molar-refractivity contribution in [3.05, 3.63) is 34.6 Å². The van der Waals surface area contributed by atoms with Crippen LogP contribution in [0.1, 0.15) is 30.1 Å². The summed E-state index contributed by atoms with van der Waals surface area (Å²) < 4.78 is 13.6. The molecule has 2 N–H and O–H groups in total. The molecule has 1 aromatic rings. The first-order chi connectivity index (χ1) is 8.59. The molecule has 0 bridgehead atoms. The van der Waals surface area contributed by atoms with Crippen molar-refractivity contribution in [3.63, 3.8) is 0 Å². The van der Waals surface area contributed by atoms with E-state index in [9.17, 15) is 9.18 Å². The average molecular weight is 271 g/mol. The van der Waals surface area contributed by atoms with E-state index in [0.29, 0.717) is 0 Å². The first-order valence-electron chi connectivity index (χ1n) is 6.08. The number of benzene rings is 1. The molecule has 1 aliphatic heterocycles. The third-order valence-corrected chi connectivity index (χ3v) is 3.58. The number of rotatable bonds is 2. The fraction of sp³-hybridized carbons (Fsp3) is 0.462. The van der Waals surface area contributed by atoms with Gasteiger partial charge in [-0.15, -0.1) is 0 Å². The van der Waals surface area contributed by atoms with E-state index in [0.717, 1.165) is 19.4 Å². The summed E-state index contributed by atoms with van der Waals surface area (Å²) in [6.07, 6.45) is 1.90. The maximum Gasteiger partial charge on any atom is 0.256 e. The van der Waals surface area contributed by atoms with Crippen molar-refractivity contribution in [3.8, 4) is 0 Å². The zero-order chi connectivity index (χ0) is 13.1. The molecule has 2 atom stereocenters. The second kappa shape index (κ2) is 5.67. The fourth-order valence-corrected chi connectivity index (χ4v) is 2.45. The largest absolute Gasteiger partial charge is 0.348 e. The molecule has 0 spiro atoms. The summed E-state index contributed by atoms with van der Waals surface area (Å²) in [6.45, 7) is 2.96. The Hall–Kier alpha value is -1.13. The predicted octanol–water partition coefficient (Wildman–Crippen LogP) is 2.35. The van der Waals surface area contributed by atoms with E-state index < -0.39 is 11.7 Å². The molecule has 1 fully saturated rings. The van der Waals surface area contributed by atoms with Gasteiger partial charge in [-0.05, 0) is 38.4 Å². The van der Waals surface area contributed by atoms with Crippen LogP contribution in [-0.4, -0.2) is 24.5 Å². The first kappa shape index (κ1) is 13.3. The summed E-state index contributed by atoms with van der Waals surface area (Å²) in [5.41, 5.74) is -0.0723. The molecule has 2 rings (SSSR count). The van der Waals surface area contributed by atoms with Crippen molar-refractivity contribution in [2.24, 2.45) is 0 Å². The van der Waals surface area contributed by atoms with Crippen LogP contribution in [0.25, 0.3) is 0 Å². The van der Waals surface area contributed by atoms with Gasteiger partial charge in [0, 0.05) is 12.1 Å². The number of amides is 1. The summed E-state index contributed by atoms with van der Waals surface area (Å²) in [7, 11) is 0. The molecular weight excluding hydrogens is 255 g/mol. The molecule has 18 heavy (non-hydrogen) atoms. The van der Waals surface area contributed by atoms with Gasteiger partial charge in [-0.1, -0.05) is 17.7 Å². The predicted molar refractivity (Wildman–Crippen MR) is 69.4 cm³/mol. The minimum Gasteiger partial charge on any atom is -0.348 e. The van der Waals surface area contributed by atoms with Gasteiger partial charge >= 0.3 is 0 Å². The highest BCUT2D eigenvalue weighted by atomic mass is 35.5. The van der Waals surface area contributed by atoms with Crippen LogP contribution in [0, 0.1) is 5.82 Å². The van der Waals surface area contributed by atoms with Crippen molar-refractivity contribution in [2.45, 2.75) is 31.8 Å². The van der Waals surface area contributed by atoms with E-state index >= 15 is 0 Å². The SMILES string of the molecule is CC1NCCCC1NC(=O)c1c(F)cccc1Cl. The average Bonchev–Trinajstić information content (AvgIpc) is 2.32. The van der Waals surface area contributed by atoms with Crippen LogP contribution >= 0.6 is 11.6 Å². The quantitative estimate of drug-likeness (QED) is 0.866. The topological polar surface area (TPSA) is 41.1 Å². The van der Waals surface area contributed by atoms with Gasteiger partial charge in [-0.3, -0.25) is 4.79 Å². The Morgan fingerprint density at radius 3 is 3.00 bits per heavy atom. The molecule has 1 saturated heterocycles. The van der Waals surface area contributed by atoms with E-state index in [-0.39, 0.29) is 22.7 Å². The molecule has 98 valence electrons. The molecule has 0 aliphatic carbocycles. The van der Waals surface area contributed by atoms with E-state index in [1.165, 1.54) is 18.2 Å². The Kier molecular flexibility index (Phi) is 4.19. The summed E-state index contributed by atoms with van der Waals surface area (Å²) in [4.78, 5) is 12.0. The number of nitrogens with one attached hydrogen (secondary N) is 2. The Morgan fingerprint density at radius 1 is 1.56 bits per heavy atom. The minimum atomic E-state index is -0.587. The molecule has 0 saturated carbocycles. The Morgan fingerprint density at radius 2 is 2.33 bits per heavy atom. The molecule has 0 aromatic heterocycles. The van der Waals surface area contributed by atoms with Gasteiger partial charge in [0.1, 0.15) is 5.82 Å². The van der Waals surface area contributed by atoms with Crippen molar-refractivity contribution < 1.29 is 9.18 Å². The zero-order valence-corrected chi connectivity index (χ0v) is 10.9. The fourth-order valence-electron chi connectivity index (χ4n) is 2.20. The highest BCUT2D eigenvalue weighted by molar-refractivity contribution is 6.33. The number of hydrogen-bond acceptors (Lipinski definition) is 2. The normalized spacial score (nSPS) is 23.7. The first-order valence-corrected chi connectivity index (χ1v) is 6.45. The Labute approximate surface area is 111 Å². The molecule has 3 nitrogen and oxygen atoms in total. The zero-order valence-electron chi connectivity index (χ0n) is 10.2. The van der Waals surface area contributed by atoms with Gasteiger partial charge in [-0.2, -0.15) is 0 Å². The molecule has 2 unspecified atom stereocenters. The van der Waals surface area contributed by atoms with Crippen LogP contribution in [0.4, 0.5) is 4.39 Å². The molecular formula is C13H16ClFN2O. The van der Waals surface area contributed by atoms with Gasteiger partial charge in [0.2, 0.25) is 0 Å². The second-order valence-electron chi connectivity index (χ2n) is 4.56. The van der Waals surface area contributed by atoms with E-state index in [2.05, 4.69) is 10.6 Å². The van der Waals surface area contributed by atoms with E-state index in [4.69, 9.17) is 11.6 Å². The van der Waals surface area contributed by atoms with E-state index in [1.54, 1.807) is 0 Å². The van der Waals surface area contributed by atoms with Crippen molar-refractivity contribution in [1.29, 1.82) is 0 Å². The lowest BCUT2D eigenvalue weighted by molar-refractivity contribution is 0.0916.